The summed E-state index contributed by atoms with van der Waals surface area (Å²) in [6.45, 7) is 13.3. The summed E-state index contributed by atoms with van der Waals surface area (Å²) in [6, 6.07) is 7.09. The summed E-state index contributed by atoms with van der Waals surface area (Å²) in [6.07, 6.45) is 2.02. The van der Waals surface area contributed by atoms with E-state index in [0.717, 1.165) is 25.9 Å². The number of nitrogens with zero attached hydrogens (tertiary/aromatic N) is 1. The maximum atomic E-state index is 6.05. The first kappa shape index (κ1) is 16.0. The van der Waals surface area contributed by atoms with Crippen molar-refractivity contribution in [1.29, 1.82) is 0 Å². The predicted octanol–water partition coefficient (Wildman–Crippen LogP) is 3.76. The van der Waals surface area contributed by atoms with Crippen molar-refractivity contribution in [3.05, 3.63) is 29.3 Å². The molecule has 0 spiro atoms. The van der Waals surface area contributed by atoms with Crippen molar-refractivity contribution in [1.82, 2.24) is 0 Å². The van der Waals surface area contributed by atoms with E-state index in [-0.39, 0.29) is 6.04 Å². The Morgan fingerprint density at radius 1 is 1.21 bits per heavy atom. The summed E-state index contributed by atoms with van der Waals surface area (Å²) in [5.74, 6) is 0.688. The molecule has 0 aromatic heterocycles. The lowest BCUT2D eigenvalue weighted by molar-refractivity contribution is 0.618. The average molecular weight is 262 g/mol. The minimum atomic E-state index is 0.280. The van der Waals surface area contributed by atoms with Gasteiger partial charge in [-0.2, -0.15) is 0 Å². The van der Waals surface area contributed by atoms with Gasteiger partial charge < -0.3 is 10.6 Å². The molecule has 0 aliphatic heterocycles. The maximum Gasteiger partial charge on any atom is 0.0369 e. The number of benzene rings is 1. The van der Waals surface area contributed by atoms with Crippen LogP contribution in [0.25, 0.3) is 0 Å². The molecule has 0 fully saturated rings. The van der Waals surface area contributed by atoms with Gasteiger partial charge >= 0.3 is 0 Å². The standard InChI is InChI=1S/C17H30N2/c1-6-16(18)11-15-8-9-17(10-14(15)5)19(7-2)12-13(3)4/h8-10,13,16H,6-7,11-12,18H2,1-5H3. The van der Waals surface area contributed by atoms with Gasteiger partial charge in [-0.05, 0) is 55.9 Å². The average Bonchev–Trinajstić information content (AvgIpc) is 2.37. The second-order valence-corrected chi connectivity index (χ2v) is 5.92. The second-order valence-electron chi connectivity index (χ2n) is 5.92. The second kappa shape index (κ2) is 7.54. The molecule has 2 heteroatoms. The largest absolute Gasteiger partial charge is 0.372 e. The molecule has 1 atom stereocenters. The van der Waals surface area contributed by atoms with E-state index in [1.165, 1.54) is 16.8 Å². The van der Waals surface area contributed by atoms with Crippen molar-refractivity contribution in [2.24, 2.45) is 11.7 Å². The van der Waals surface area contributed by atoms with Crippen molar-refractivity contribution < 1.29 is 0 Å². The third-order valence-electron chi connectivity index (χ3n) is 3.67. The first-order valence-electron chi connectivity index (χ1n) is 7.57. The molecule has 0 saturated carbocycles. The highest BCUT2D eigenvalue weighted by Gasteiger charge is 2.09. The van der Waals surface area contributed by atoms with E-state index < -0.39 is 0 Å². The Balaban J connectivity index is 2.85. The van der Waals surface area contributed by atoms with Crippen molar-refractivity contribution >= 4 is 5.69 Å². The van der Waals surface area contributed by atoms with Gasteiger partial charge in [0.25, 0.3) is 0 Å². The van der Waals surface area contributed by atoms with Crippen LogP contribution in [0, 0.1) is 12.8 Å². The Bertz CT molecular complexity index is 385. The molecule has 1 rings (SSSR count). The zero-order valence-corrected chi connectivity index (χ0v) is 13.2. The van der Waals surface area contributed by atoms with Gasteiger partial charge in [0.2, 0.25) is 0 Å². The van der Waals surface area contributed by atoms with Crippen molar-refractivity contribution in [3.8, 4) is 0 Å². The lowest BCUT2D eigenvalue weighted by Crippen LogP contribution is -2.27. The molecule has 1 unspecified atom stereocenters. The summed E-state index contributed by atoms with van der Waals surface area (Å²) in [4.78, 5) is 2.45. The fraction of sp³-hybridized carbons (Fsp3) is 0.647. The van der Waals surface area contributed by atoms with E-state index >= 15 is 0 Å². The van der Waals surface area contributed by atoms with Crippen LogP contribution in [0.2, 0.25) is 0 Å². The highest BCUT2D eigenvalue weighted by Crippen LogP contribution is 2.21. The van der Waals surface area contributed by atoms with Crippen LogP contribution in [0.4, 0.5) is 5.69 Å². The smallest absolute Gasteiger partial charge is 0.0369 e. The molecule has 2 nitrogen and oxygen atoms in total. The number of hydrogen-bond donors (Lipinski definition) is 1. The molecular weight excluding hydrogens is 232 g/mol. The van der Waals surface area contributed by atoms with Gasteiger partial charge in [0.1, 0.15) is 0 Å². The lowest BCUT2D eigenvalue weighted by atomic mass is 9.99. The van der Waals surface area contributed by atoms with Crippen LogP contribution in [-0.4, -0.2) is 19.1 Å². The van der Waals surface area contributed by atoms with Gasteiger partial charge in [-0.1, -0.05) is 26.8 Å². The Hall–Kier alpha value is -1.02. The molecule has 19 heavy (non-hydrogen) atoms. The number of nitrogens with two attached hydrogens (primary N) is 1. The van der Waals surface area contributed by atoms with E-state index in [4.69, 9.17) is 5.73 Å². The molecule has 0 amide bonds. The molecule has 0 saturated heterocycles. The number of aryl methyl sites for hydroxylation is 1. The monoisotopic (exact) mass is 262 g/mol. The quantitative estimate of drug-likeness (QED) is 0.810. The van der Waals surface area contributed by atoms with Crippen molar-refractivity contribution in [2.45, 2.75) is 53.5 Å². The Kier molecular flexibility index (Phi) is 6.36. The van der Waals surface area contributed by atoms with Gasteiger partial charge in [0.15, 0.2) is 0 Å². The summed E-state index contributed by atoms with van der Waals surface area (Å²) in [5.41, 5.74) is 10.1. The Morgan fingerprint density at radius 3 is 2.37 bits per heavy atom. The third kappa shape index (κ3) is 4.87. The van der Waals surface area contributed by atoms with Gasteiger partial charge in [-0.15, -0.1) is 0 Å². The van der Waals surface area contributed by atoms with E-state index in [1.807, 2.05) is 0 Å². The zero-order valence-electron chi connectivity index (χ0n) is 13.2. The summed E-state index contributed by atoms with van der Waals surface area (Å²) >= 11 is 0. The summed E-state index contributed by atoms with van der Waals surface area (Å²) in [5, 5.41) is 0. The van der Waals surface area contributed by atoms with E-state index in [1.54, 1.807) is 0 Å². The van der Waals surface area contributed by atoms with Crippen LogP contribution in [0.15, 0.2) is 18.2 Å². The number of anilines is 1. The van der Waals surface area contributed by atoms with E-state index in [0.29, 0.717) is 5.92 Å². The van der Waals surface area contributed by atoms with Crippen molar-refractivity contribution in [2.75, 3.05) is 18.0 Å². The van der Waals surface area contributed by atoms with Crippen LogP contribution in [-0.2, 0) is 6.42 Å². The SMILES string of the molecule is CCC(N)Cc1ccc(N(CC)CC(C)C)cc1C. The zero-order chi connectivity index (χ0) is 14.4. The van der Waals surface area contributed by atoms with Crippen LogP contribution in [0.3, 0.4) is 0 Å². The molecule has 0 heterocycles. The molecule has 1 aromatic carbocycles. The molecule has 0 aliphatic rings. The summed E-state index contributed by atoms with van der Waals surface area (Å²) < 4.78 is 0. The van der Waals surface area contributed by atoms with Crippen LogP contribution in [0.1, 0.15) is 45.2 Å². The fourth-order valence-electron chi connectivity index (χ4n) is 2.39. The van der Waals surface area contributed by atoms with Crippen LogP contribution >= 0.6 is 0 Å². The van der Waals surface area contributed by atoms with Crippen LogP contribution < -0.4 is 10.6 Å². The minimum Gasteiger partial charge on any atom is -0.372 e. The molecule has 0 bridgehead atoms. The first-order chi connectivity index (χ1) is 8.97. The molecule has 2 N–H and O–H groups in total. The third-order valence-corrected chi connectivity index (χ3v) is 3.67. The number of rotatable bonds is 7. The Labute approximate surface area is 119 Å². The topological polar surface area (TPSA) is 29.3 Å². The predicted molar refractivity (Wildman–Crippen MR) is 85.9 cm³/mol. The van der Waals surface area contributed by atoms with Gasteiger partial charge in [0, 0.05) is 24.8 Å². The highest BCUT2D eigenvalue weighted by molar-refractivity contribution is 5.51. The van der Waals surface area contributed by atoms with Gasteiger partial charge in [-0.3, -0.25) is 0 Å². The normalized spacial score (nSPS) is 12.8. The highest BCUT2D eigenvalue weighted by atomic mass is 15.1. The first-order valence-corrected chi connectivity index (χ1v) is 7.57. The molecule has 1 aromatic rings. The Morgan fingerprint density at radius 2 is 1.89 bits per heavy atom. The molecule has 0 aliphatic carbocycles. The minimum absolute atomic E-state index is 0.280. The number of hydrogen-bond acceptors (Lipinski definition) is 2. The van der Waals surface area contributed by atoms with Crippen molar-refractivity contribution in [3.63, 3.8) is 0 Å². The summed E-state index contributed by atoms with van der Waals surface area (Å²) in [7, 11) is 0. The molecular formula is C17H30N2. The lowest BCUT2D eigenvalue weighted by Gasteiger charge is -2.26. The van der Waals surface area contributed by atoms with E-state index in [9.17, 15) is 0 Å². The van der Waals surface area contributed by atoms with Gasteiger partial charge in [0.05, 0.1) is 0 Å². The van der Waals surface area contributed by atoms with Gasteiger partial charge in [-0.25, -0.2) is 0 Å². The molecule has 0 radical (unpaired) electrons. The molecule has 108 valence electrons. The van der Waals surface area contributed by atoms with E-state index in [2.05, 4.69) is 57.7 Å². The maximum absolute atomic E-state index is 6.05. The van der Waals surface area contributed by atoms with Crippen LogP contribution in [0.5, 0.6) is 0 Å². The fourth-order valence-corrected chi connectivity index (χ4v) is 2.39.